The number of pyridine rings is 1. The zero-order valence-corrected chi connectivity index (χ0v) is 10.6. The zero-order valence-electron chi connectivity index (χ0n) is 9.77. The van der Waals surface area contributed by atoms with E-state index in [1.54, 1.807) is 24.4 Å². The topological polar surface area (TPSA) is 50.9 Å². The zero-order chi connectivity index (χ0) is 13.1. The van der Waals surface area contributed by atoms with Gasteiger partial charge in [-0.15, -0.1) is 0 Å². The fourth-order valence-corrected chi connectivity index (χ4v) is 1.67. The van der Waals surface area contributed by atoms with E-state index in [2.05, 4.69) is 10.3 Å². The summed E-state index contributed by atoms with van der Waals surface area (Å²) < 4.78 is 13.6. The molecule has 0 spiro atoms. The molecule has 1 heterocycles. The van der Waals surface area contributed by atoms with Crippen LogP contribution in [-0.2, 0) is 0 Å². The molecule has 2 rings (SSSR count). The third kappa shape index (κ3) is 2.62. The number of thiocarbonyl (C=S) groups is 1. The molecule has 3 N–H and O–H groups in total. The number of aryl methyl sites for hydroxylation is 1. The Labute approximate surface area is 110 Å². The molecular weight excluding hydrogens is 249 g/mol. The first kappa shape index (κ1) is 12.4. The molecule has 0 aliphatic heterocycles. The number of aromatic nitrogens is 1. The number of anilines is 2. The number of nitrogens with zero attached hydrogens (tertiary/aromatic N) is 1. The van der Waals surface area contributed by atoms with Crippen molar-refractivity contribution in [3.8, 4) is 0 Å². The Morgan fingerprint density at radius 3 is 2.67 bits per heavy atom. The summed E-state index contributed by atoms with van der Waals surface area (Å²) in [5.74, 6) is -0.298. The first-order valence-corrected chi connectivity index (χ1v) is 5.77. The molecule has 92 valence electrons. The second kappa shape index (κ2) is 5.10. The first-order valence-electron chi connectivity index (χ1n) is 5.36. The van der Waals surface area contributed by atoms with E-state index in [9.17, 15) is 4.39 Å². The Hall–Kier alpha value is -2.01. The predicted molar refractivity (Wildman–Crippen MR) is 74.5 cm³/mol. The summed E-state index contributed by atoms with van der Waals surface area (Å²) in [7, 11) is 0. The molecule has 0 bridgehead atoms. The van der Waals surface area contributed by atoms with Crippen LogP contribution in [0.4, 0.5) is 15.8 Å². The number of para-hydroxylation sites is 1. The number of rotatable bonds is 3. The Morgan fingerprint density at radius 1 is 1.33 bits per heavy atom. The molecule has 0 unspecified atom stereocenters. The van der Waals surface area contributed by atoms with E-state index in [0.717, 1.165) is 5.56 Å². The molecule has 0 amide bonds. The highest BCUT2D eigenvalue weighted by atomic mass is 32.1. The molecule has 0 saturated carbocycles. The van der Waals surface area contributed by atoms with E-state index < -0.39 is 0 Å². The number of benzene rings is 1. The minimum absolute atomic E-state index is 0.239. The number of nitrogens with one attached hydrogen (secondary N) is 1. The molecule has 0 fully saturated rings. The molecule has 0 aliphatic carbocycles. The van der Waals surface area contributed by atoms with Crippen LogP contribution in [0.1, 0.15) is 11.3 Å². The van der Waals surface area contributed by atoms with Gasteiger partial charge >= 0.3 is 0 Å². The summed E-state index contributed by atoms with van der Waals surface area (Å²) in [6.07, 6.45) is 1.57. The van der Waals surface area contributed by atoms with Crippen molar-refractivity contribution >= 4 is 28.6 Å². The third-order valence-electron chi connectivity index (χ3n) is 2.51. The number of hydrogen-bond acceptors (Lipinski definition) is 3. The van der Waals surface area contributed by atoms with Crippen LogP contribution >= 0.6 is 12.2 Å². The van der Waals surface area contributed by atoms with Crippen molar-refractivity contribution in [3.63, 3.8) is 0 Å². The monoisotopic (exact) mass is 261 g/mol. The van der Waals surface area contributed by atoms with Gasteiger partial charge in [0.2, 0.25) is 0 Å². The lowest BCUT2D eigenvalue weighted by Gasteiger charge is -2.10. The quantitative estimate of drug-likeness (QED) is 0.834. The van der Waals surface area contributed by atoms with Crippen LogP contribution < -0.4 is 11.1 Å². The molecule has 5 heteroatoms. The molecule has 0 saturated heterocycles. The highest BCUT2D eigenvalue weighted by molar-refractivity contribution is 7.80. The van der Waals surface area contributed by atoms with E-state index in [0.29, 0.717) is 17.1 Å². The first-order chi connectivity index (χ1) is 8.58. The molecule has 3 nitrogen and oxygen atoms in total. The lowest BCUT2D eigenvalue weighted by Crippen LogP contribution is -2.11. The standard InChI is InChI=1S/C13H12FN3S/c1-8-3-2-4-10(14)12(8)17-9-5-6-11(13(15)18)16-7-9/h2-7,17H,1H3,(H2,15,18). The van der Waals surface area contributed by atoms with E-state index in [4.69, 9.17) is 18.0 Å². The molecule has 2 aromatic rings. The number of halogens is 1. The van der Waals surface area contributed by atoms with Gasteiger partial charge in [0.25, 0.3) is 0 Å². The van der Waals surface area contributed by atoms with Crippen LogP contribution in [-0.4, -0.2) is 9.97 Å². The van der Waals surface area contributed by atoms with E-state index >= 15 is 0 Å². The second-order valence-corrected chi connectivity index (χ2v) is 4.29. The van der Waals surface area contributed by atoms with Crippen LogP contribution in [0, 0.1) is 12.7 Å². The summed E-state index contributed by atoms with van der Waals surface area (Å²) >= 11 is 4.81. The maximum absolute atomic E-state index is 13.6. The summed E-state index contributed by atoms with van der Waals surface area (Å²) in [6, 6.07) is 8.37. The SMILES string of the molecule is Cc1cccc(F)c1Nc1ccc(C(N)=S)nc1. The summed E-state index contributed by atoms with van der Waals surface area (Å²) in [5.41, 5.74) is 7.95. The molecular formula is C13H12FN3S. The molecule has 18 heavy (non-hydrogen) atoms. The van der Waals surface area contributed by atoms with Gasteiger partial charge in [-0.3, -0.25) is 4.98 Å². The van der Waals surface area contributed by atoms with Crippen LogP contribution in [0.15, 0.2) is 36.5 Å². The van der Waals surface area contributed by atoms with Crippen molar-refractivity contribution in [3.05, 3.63) is 53.6 Å². The maximum Gasteiger partial charge on any atom is 0.146 e. The summed E-state index contributed by atoms with van der Waals surface area (Å²) in [6.45, 7) is 1.84. The van der Waals surface area contributed by atoms with Gasteiger partial charge in [0.15, 0.2) is 0 Å². The van der Waals surface area contributed by atoms with Gasteiger partial charge in [0.1, 0.15) is 10.8 Å². The van der Waals surface area contributed by atoms with E-state index in [-0.39, 0.29) is 10.8 Å². The summed E-state index contributed by atoms with van der Waals surface area (Å²) in [4.78, 5) is 4.32. The number of hydrogen-bond donors (Lipinski definition) is 2. The van der Waals surface area contributed by atoms with Crippen LogP contribution in [0.25, 0.3) is 0 Å². The van der Waals surface area contributed by atoms with Gasteiger partial charge in [0, 0.05) is 0 Å². The Bertz CT molecular complexity index is 561. The highest BCUT2D eigenvalue weighted by Crippen LogP contribution is 2.23. The van der Waals surface area contributed by atoms with Crippen molar-refractivity contribution in [2.45, 2.75) is 6.92 Å². The molecule has 0 atom stereocenters. The third-order valence-corrected chi connectivity index (χ3v) is 2.72. The Kier molecular flexibility index (Phi) is 3.53. The van der Waals surface area contributed by atoms with Gasteiger partial charge in [-0.25, -0.2) is 4.39 Å². The fourth-order valence-electron chi connectivity index (χ4n) is 1.55. The number of nitrogens with two attached hydrogens (primary N) is 1. The fraction of sp³-hybridized carbons (Fsp3) is 0.0769. The van der Waals surface area contributed by atoms with Crippen molar-refractivity contribution < 1.29 is 4.39 Å². The average molecular weight is 261 g/mol. The van der Waals surface area contributed by atoms with Crippen molar-refractivity contribution in [1.82, 2.24) is 4.98 Å². The van der Waals surface area contributed by atoms with Gasteiger partial charge < -0.3 is 11.1 Å². The Balaban J connectivity index is 2.26. The van der Waals surface area contributed by atoms with Gasteiger partial charge in [-0.05, 0) is 30.7 Å². The molecule has 0 aliphatic rings. The van der Waals surface area contributed by atoms with Gasteiger partial charge in [0.05, 0.1) is 23.3 Å². The van der Waals surface area contributed by atoms with Crippen molar-refractivity contribution in [1.29, 1.82) is 0 Å². The molecule has 0 radical (unpaired) electrons. The average Bonchev–Trinajstić information content (AvgIpc) is 2.34. The van der Waals surface area contributed by atoms with Crippen LogP contribution in [0.3, 0.4) is 0 Å². The minimum Gasteiger partial charge on any atom is -0.388 e. The predicted octanol–water partition coefficient (Wildman–Crippen LogP) is 2.91. The molecule has 1 aromatic heterocycles. The van der Waals surface area contributed by atoms with Gasteiger partial charge in [-0.2, -0.15) is 0 Å². The normalized spacial score (nSPS) is 10.1. The minimum atomic E-state index is -0.298. The lowest BCUT2D eigenvalue weighted by atomic mass is 10.2. The van der Waals surface area contributed by atoms with Crippen molar-refractivity contribution in [2.75, 3.05) is 5.32 Å². The largest absolute Gasteiger partial charge is 0.388 e. The van der Waals surface area contributed by atoms with E-state index in [1.807, 2.05) is 13.0 Å². The molecule has 1 aromatic carbocycles. The van der Waals surface area contributed by atoms with Crippen molar-refractivity contribution in [2.24, 2.45) is 5.73 Å². The summed E-state index contributed by atoms with van der Waals surface area (Å²) in [5, 5.41) is 2.99. The Morgan fingerprint density at radius 2 is 2.11 bits per heavy atom. The smallest absolute Gasteiger partial charge is 0.146 e. The second-order valence-electron chi connectivity index (χ2n) is 3.85. The van der Waals surface area contributed by atoms with Crippen LogP contribution in [0.2, 0.25) is 0 Å². The maximum atomic E-state index is 13.6. The van der Waals surface area contributed by atoms with Crippen LogP contribution in [0.5, 0.6) is 0 Å². The van der Waals surface area contributed by atoms with Gasteiger partial charge in [-0.1, -0.05) is 24.4 Å². The highest BCUT2D eigenvalue weighted by Gasteiger charge is 2.06. The van der Waals surface area contributed by atoms with E-state index in [1.165, 1.54) is 6.07 Å². The lowest BCUT2D eigenvalue weighted by molar-refractivity contribution is 0.631.